The Morgan fingerprint density at radius 3 is 2.26 bits per heavy atom. The molecular weight excluding hydrogens is 567 g/mol. The third-order valence-corrected chi connectivity index (χ3v) is 11.4. The van der Waals surface area contributed by atoms with Crippen molar-refractivity contribution in [2.75, 3.05) is 13.2 Å². The number of amides is 4. The fourth-order valence-corrected chi connectivity index (χ4v) is 9.70. The molecule has 7 rings (SSSR count). The van der Waals surface area contributed by atoms with Crippen LogP contribution >= 0.6 is 0 Å². The van der Waals surface area contributed by atoms with Gasteiger partial charge in [-0.3, -0.25) is 19.2 Å². The van der Waals surface area contributed by atoms with Crippen molar-refractivity contribution in [3.05, 3.63) is 0 Å². The molecule has 236 valence electrons. The van der Waals surface area contributed by atoms with Crippen molar-refractivity contribution in [1.29, 1.82) is 5.26 Å². The van der Waals surface area contributed by atoms with E-state index < -0.39 is 53.5 Å². The Labute approximate surface area is 248 Å². The Morgan fingerprint density at radius 2 is 1.72 bits per heavy atom. The van der Waals surface area contributed by atoms with Crippen LogP contribution in [0.3, 0.4) is 0 Å². The zero-order valence-corrected chi connectivity index (χ0v) is 24.7. The van der Waals surface area contributed by atoms with Crippen LogP contribution in [0.2, 0.25) is 0 Å². The number of ether oxygens (including phenoxy) is 1. The van der Waals surface area contributed by atoms with Gasteiger partial charge in [0, 0.05) is 24.4 Å². The molecule has 7 fully saturated rings. The van der Waals surface area contributed by atoms with E-state index in [0.29, 0.717) is 37.0 Å². The van der Waals surface area contributed by atoms with Crippen LogP contribution in [0.25, 0.3) is 0 Å². The van der Waals surface area contributed by atoms with E-state index in [9.17, 15) is 37.6 Å². The Balaban J connectivity index is 1.25. The zero-order valence-electron chi connectivity index (χ0n) is 24.7. The lowest BCUT2D eigenvalue weighted by Crippen LogP contribution is -2.65. The summed E-state index contributed by atoms with van der Waals surface area (Å²) in [5, 5.41) is 17.4. The van der Waals surface area contributed by atoms with Gasteiger partial charge in [0.15, 0.2) is 0 Å². The average Bonchev–Trinajstić information content (AvgIpc) is 3.23. The number of hydrogen-bond donors (Lipinski definition) is 3. The molecule has 7 aliphatic rings. The van der Waals surface area contributed by atoms with Crippen LogP contribution in [0.15, 0.2) is 0 Å². The molecule has 7 atom stereocenters. The standard InChI is InChI=1S/C30H40F3N5O5/c1-14-13-43-20(24(39)35-14)7-18(11-34)36-25(40)22-21-19(28(21,2)3)12-38(22)26(41)23(37-27(42)30(31,32)33)29-8-15-4-16(9-29)6-17(5-15)10-29/h14-23H,4-10,12-13H2,1-3H3,(H,35,39)(H,36,40)(H,37,42)/t14?,15?,16?,17?,18-,19-,20-,21-,22-,23?,29?/m0/s1. The fraction of sp³-hybridized carbons (Fsp3) is 0.833. The van der Waals surface area contributed by atoms with Gasteiger partial charge in [-0.2, -0.15) is 18.4 Å². The molecule has 0 radical (unpaired) electrons. The van der Waals surface area contributed by atoms with Crippen LogP contribution in [0.5, 0.6) is 0 Å². The number of alkyl halides is 3. The van der Waals surface area contributed by atoms with Gasteiger partial charge >= 0.3 is 12.1 Å². The first-order valence-corrected chi connectivity index (χ1v) is 15.4. The molecule has 5 saturated carbocycles. The number of nitrogens with zero attached hydrogens (tertiary/aromatic N) is 2. The molecule has 43 heavy (non-hydrogen) atoms. The summed E-state index contributed by atoms with van der Waals surface area (Å²) >= 11 is 0. The first-order valence-electron chi connectivity index (χ1n) is 15.4. The quantitative estimate of drug-likeness (QED) is 0.405. The lowest BCUT2D eigenvalue weighted by atomic mass is 9.47. The van der Waals surface area contributed by atoms with Gasteiger partial charge < -0.3 is 25.6 Å². The molecule has 13 heteroatoms. The Morgan fingerprint density at radius 1 is 1.12 bits per heavy atom. The number of piperidine rings is 1. The second kappa shape index (κ2) is 10.3. The smallest absolute Gasteiger partial charge is 0.366 e. The van der Waals surface area contributed by atoms with Crippen LogP contribution in [-0.4, -0.2) is 78.1 Å². The molecule has 2 heterocycles. The summed E-state index contributed by atoms with van der Waals surface area (Å²) < 4.78 is 46.2. The normalized spacial score (nSPS) is 40.1. The third-order valence-electron chi connectivity index (χ3n) is 11.4. The number of carbonyl (C=O) groups is 4. The highest BCUT2D eigenvalue weighted by Crippen LogP contribution is 2.66. The predicted molar refractivity (Wildman–Crippen MR) is 144 cm³/mol. The second-order valence-corrected chi connectivity index (χ2v) is 14.7. The molecule has 0 aromatic rings. The number of likely N-dealkylation sites (tertiary alicyclic amines) is 1. The van der Waals surface area contributed by atoms with E-state index >= 15 is 0 Å². The topological polar surface area (TPSA) is 141 Å². The van der Waals surface area contributed by atoms with Crippen molar-refractivity contribution >= 4 is 23.6 Å². The first-order chi connectivity index (χ1) is 20.1. The number of morpholine rings is 1. The number of carbonyl (C=O) groups excluding carboxylic acids is 4. The molecule has 2 unspecified atom stereocenters. The summed E-state index contributed by atoms with van der Waals surface area (Å²) in [6.45, 7) is 6.19. The van der Waals surface area contributed by atoms with E-state index in [1.807, 2.05) is 19.9 Å². The van der Waals surface area contributed by atoms with Gasteiger partial charge in [0.05, 0.1) is 12.7 Å². The predicted octanol–water partition coefficient (Wildman–Crippen LogP) is 2.03. The molecule has 3 N–H and O–H groups in total. The number of halogens is 3. The maximum absolute atomic E-state index is 14.4. The molecule has 4 bridgehead atoms. The van der Waals surface area contributed by atoms with Gasteiger partial charge in [0.25, 0.3) is 0 Å². The Bertz CT molecular complexity index is 1210. The molecule has 0 spiro atoms. The monoisotopic (exact) mass is 607 g/mol. The van der Waals surface area contributed by atoms with E-state index in [-0.39, 0.29) is 48.8 Å². The van der Waals surface area contributed by atoms with Crippen LogP contribution in [0.4, 0.5) is 13.2 Å². The van der Waals surface area contributed by atoms with Gasteiger partial charge in [-0.1, -0.05) is 13.8 Å². The minimum Gasteiger partial charge on any atom is -0.366 e. The molecular formula is C30H40F3N5O5. The number of fused-ring (bicyclic) bond motifs is 1. The molecule has 2 aliphatic heterocycles. The lowest BCUT2D eigenvalue weighted by Gasteiger charge is -2.59. The van der Waals surface area contributed by atoms with Crippen LogP contribution in [-0.2, 0) is 23.9 Å². The van der Waals surface area contributed by atoms with Crippen LogP contribution < -0.4 is 16.0 Å². The summed E-state index contributed by atoms with van der Waals surface area (Å²) in [6, 6.07) is -1.65. The number of rotatable bonds is 7. The largest absolute Gasteiger partial charge is 0.471 e. The average molecular weight is 608 g/mol. The van der Waals surface area contributed by atoms with Gasteiger partial charge in [-0.05, 0) is 80.5 Å². The van der Waals surface area contributed by atoms with Gasteiger partial charge in [-0.25, -0.2) is 0 Å². The van der Waals surface area contributed by atoms with Crippen molar-refractivity contribution in [1.82, 2.24) is 20.9 Å². The second-order valence-electron chi connectivity index (χ2n) is 14.7. The number of nitriles is 1. The fourth-order valence-electron chi connectivity index (χ4n) is 9.70. The van der Waals surface area contributed by atoms with E-state index in [0.717, 1.165) is 19.3 Å². The lowest BCUT2D eigenvalue weighted by molar-refractivity contribution is -0.179. The Hall–Kier alpha value is -2.88. The highest BCUT2D eigenvalue weighted by atomic mass is 19.4. The van der Waals surface area contributed by atoms with Crippen LogP contribution in [0, 0.1) is 51.8 Å². The minimum atomic E-state index is -5.15. The maximum Gasteiger partial charge on any atom is 0.471 e. The van der Waals surface area contributed by atoms with Crippen molar-refractivity contribution < 1.29 is 37.1 Å². The summed E-state index contributed by atoms with van der Waals surface area (Å²) in [7, 11) is 0. The minimum absolute atomic E-state index is 0.0444. The molecule has 4 amide bonds. The first kappa shape index (κ1) is 30.2. The highest BCUT2D eigenvalue weighted by molar-refractivity contribution is 5.95. The van der Waals surface area contributed by atoms with Gasteiger partial charge in [0.1, 0.15) is 24.2 Å². The van der Waals surface area contributed by atoms with Gasteiger partial charge in [0.2, 0.25) is 17.7 Å². The van der Waals surface area contributed by atoms with E-state index in [1.165, 1.54) is 4.90 Å². The summed E-state index contributed by atoms with van der Waals surface area (Å²) in [5.74, 6) is -3.12. The van der Waals surface area contributed by atoms with E-state index in [2.05, 4.69) is 16.0 Å². The van der Waals surface area contributed by atoms with Crippen molar-refractivity contribution in [2.45, 2.75) is 102 Å². The number of hydrogen-bond acceptors (Lipinski definition) is 6. The van der Waals surface area contributed by atoms with E-state index in [1.54, 1.807) is 6.92 Å². The van der Waals surface area contributed by atoms with Crippen molar-refractivity contribution in [2.24, 2.45) is 40.4 Å². The molecule has 5 aliphatic carbocycles. The van der Waals surface area contributed by atoms with Crippen molar-refractivity contribution in [3.63, 3.8) is 0 Å². The maximum atomic E-state index is 14.4. The number of nitrogens with one attached hydrogen (secondary N) is 3. The van der Waals surface area contributed by atoms with Gasteiger partial charge in [-0.15, -0.1) is 0 Å². The summed E-state index contributed by atoms with van der Waals surface area (Å²) in [5.41, 5.74) is -1.07. The highest BCUT2D eigenvalue weighted by Gasteiger charge is 2.70. The summed E-state index contributed by atoms with van der Waals surface area (Å²) in [4.78, 5) is 54.2. The van der Waals surface area contributed by atoms with Crippen LogP contribution in [0.1, 0.15) is 65.7 Å². The van der Waals surface area contributed by atoms with E-state index in [4.69, 9.17) is 4.74 Å². The van der Waals surface area contributed by atoms with Crippen molar-refractivity contribution in [3.8, 4) is 6.07 Å². The molecule has 10 nitrogen and oxygen atoms in total. The molecule has 0 aromatic heterocycles. The molecule has 2 saturated heterocycles. The molecule has 0 aromatic carbocycles. The zero-order chi connectivity index (χ0) is 31.1. The summed E-state index contributed by atoms with van der Waals surface area (Å²) in [6.07, 6.45) is -1.44. The SMILES string of the molecule is CC1CO[C@@H](C[C@@H](C#N)NC(=O)[C@@H]2[C@@H]3[C@H](CN2C(=O)C(NC(=O)C(F)(F)F)C24CC5CC(CC(C5)C2)C4)C3(C)C)C(=O)N1. The third kappa shape index (κ3) is 5.27. The Kier molecular flexibility index (Phi) is 7.26.